The molecule has 0 fully saturated rings. The Balaban J connectivity index is 2.89. The molecule has 0 aliphatic carbocycles. The molecule has 0 saturated heterocycles. The molecule has 2 heteroatoms. The predicted molar refractivity (Wildman–Crippen MR) is 66.2 cm³/mol. The molecule has 0 saturated carbocycles. The molecule has 0 aromatic heterocycles. The van der Waals surface area contributed by atoms with Crippen molar-refractivity contribution in [3.63, 3.8) is 0 Å². The lowest BCUT2D eigenvalue weighted by Crippen LogP contribution is -2.44. The van der Waals surface area contributed by atoms with Crippen LogP contribution in [-0.4, -0.2) is 14.8 Å². The fourth-order valence-electron chi connectivity index (χ4n) is 3.03. The van der Waals surface area contributed by atoms with Gasteiger partial charge in [-0.2, -0.15) is 0 Å². The van der Waals surface area contributed by atoms with Crippen molar-refractivity contribution < 1.29 is 0 Å². The van der Waals surface area contributed by atoms with Crippen LogP contribution in [0.5, 0.6) is 0 Å². The fourth-order valence-corrected chi connectivity index (χ4v) is 6.60. The summed E-state index contributed by atoms with van der Waals surface area (Å²) < 4.78 is 0. The lowest BCUT2D eigenvalue weighted by molar-refractivity contribution is 0.467. The van der Waals surface area contributed by atoms with Gasteiger partial charge in [-0.15, -0.1) is 5.98 Å². The molecule has 0 aromatic carbocycles. The highest BCUT2D eigenvalue weighted by atomic mass is 28.3. The molecule has 1 heterocycles. The Kier molecular flexibility index (Phi) is 3.11. The first-order chi connectivity index (χ1) is 5.84. The first-order valence-electron chi connectivity index (χ1n) is 5.52. The van der Waals surface area contributed by atoms with Crippen LogP contribution in [0.1, 0.15) is 13.8 Å². The third kappa shape index (κ3) is 2.28. The first-order valence-corrected chi connectivity index (χ1v) is 9.10. The van der Waals surface area contributed by atoms with E-state index in [1.807, 2.05) is 0 Å². The van der Waals surface area contributed by atoms with E-state index < -0.39 is 8.07 Å². The molecule has 1 rings (SSSR count). The minimum absolute atomic E-state index is 0.785. The minimum Gasteiger partial charge on any atom is -0.119 e. The zero-order valence-electron chi connectivity index (χ0n) is 9.96. The van der Waals surface area contributed by atoms with Crippen molar-refractivity contribution in [2.24, 2.45) is 11.8 Å². The van der Waals surface area contributed by atoms with Gasteiger partial charge in [0.2, 0.25) is 0 Å². The van der Waals surface area contributed by atoms with E-state index in [4.69, 9.17) is 0 Å². The van der Waals surface area contributed by atoms with Gasteiger partial charge in [0.1, 0.15) is 0 Å². The van der Waals surface area contributed by atoms with Crippen LogP contribution in [0.4, 0.5) is 0 Å². The summed E-state index contributed by atoms with van der Waals surface area (Å²) in [5.74, 6) is 4.10. The summed E-state index contributed by atoms with van der Waals surface area (Å²) in [5, 5.41) is 0. The van der Waals surface area contributed by atoms with E-state index in [0.717, 1.165) is 24.0 Å². The molecular weight excluding hydrogens is 171 g/mol. The molecule has 13 heavy (non-hydrogen) atoms. The Morgan fingerprint density at radius 3 is 2.08 bits per heavy atom. The third-order valence-electron chi connectivity index (χ3n) is 3.68. The Morgan fingerprint density at radius 2 is 1.69 bits per heavy atom. The van der Waals surface area contributed by atoms with Crippen LogP contribution in [0, 0.1) is 11.8 Å². The monoisotopic (exact) mass is 194 g/mol. The van der Waals surface area contributed by atoms with E-state index in [2.05, 4.69) is 52.4 Å². The summed E-state index contributed by atoms with van der Waals surface area (Å²) in [4.78, 5) is 0. The second-order valence-electron chi connectivity index (χ2n) is 5.85. The van der Waals surface area contributed by atoms with Gasteiger partial charge in [0.25, 0.3) is 0 Å². The SMILES string of the molecule is CB1C=CC(C)C(C)C1[Si](C)(C)C. The smallest absolute Gasteiger partial charge is 0.119 e. The average Bonchev–Trinajstić information content (AvgIpc) is 1.95. The Morgan fingerprint density at radius 1 is 1.15 bits per heavy atom. The van der Waals surface area contributed by atoms with Crippen LogP contribution in [-0.2, 0) is 0 Å². The van der Waals surface area contributed by atoms with Gasteiger partial charge >= 0.3 is 0 Å². The van der Waals surface area contributed by atoms with Crippen LogP contribution in [0.15, 0.2) is 12.1 Å². The van der Waals surface area contributed by atoms with Gasteiger partial charge in [0, 0.05) is 8.07 Å². The highest BCUT2D eigenvalue weighted by Gasteiger charge is 2.39. The highest BCUT2D eigenvalue weighted by molar-refractivity contribution is 6.91. The molecule has 0 aromatic rings. The van der Waals surface area contributed by atoms with E-state index >= 15 is 0 Å². The van der Waals surface area contributed by atoms with Gasteiger partial charge in [-0.05, 0) is 11.8 Å². The number of hydrogen-bond acceptors (Lipinski definition) is 0. The summed E-state index contributed by atoms with van der Waals surface area (Å²) in [6, 6.07) is 0. The van der Waals surface area contributed by atoms with Crippen molar-refractivity contribution in [1.82, 2.24) is 0 Å². The van der Waals surface area contributed by atoms with Gasteiger partial charge in [-0.25, -0.2) is 0 Å². The third-order valence-corrected chi connectivity index (χ3v) is 6.73. The molecule has 3 atom stereocenters. The van der Waals surface area contributed by atoms with Crippen molar-refractivity contribution in [2.45, 2.75) is 45.8 Å². The predicted octanol–water partition coefficient (Wildman–Crippen LogP) is 3.74. The molecule has 0 N–H and O–H groups in total. The number of rotatable bonds is 1. The number of allylic oxidation sites excluding steroid dienone is 1. The van der Waals surface area contributed by atoms with Gasteiger partial charge < -0.3 is 0 Å². The average molecular weight is 194 g/mol. The Hall–Kier alpha value is 0.0218. The first kappa shape index (κ1) is 11.1. The Labute approximate surface area is 84.9 Å². The maximum atomic E-state index is 2.51. The summed E-state index contributed by atoms with van der Waals surface area (Å²) in [5.41, 5.74) is 0.965. The largest absolute Gasteiger partial charge is 0.163 e. The summed E-state index contributed by atoms with van der Waals surface area (Å²) in [7, 11) is -0.976. The maximum absolute atomic E-state index is 2.51. The lowest BCUT2D eigenvalue weighted by atomic mass is 9.43. The zero-order valence-corrected chi connectivity index (χ0v) is 11.0. The number of hydrogen-bond donors (Lipinski definition) is 0. The van der Waals surface area contributed by atoms with Gasteiger partial charge in [-0.1, -0.05) is 51.8 Å². The molecule has 0 amide bonds. The van der Waals surface area contributed by atoms with Gasteiger partial charge in [0.15, 0.2) is 6.71 Å². The fraction of sp³-hybridized carbons (Fsp3) is 0.818. The molecule has 1 aliphatic heterocycles. The van der Waals surface area contributed by atoms with Crippen molar-refractivity contribution in [1.29, 1.82) is 0 Å². The molecule has 0 nitrogen and oxygen atoms in total. The molecule has 3 unspecified atom stereocenters. The normalized spacial score (nSPS) is 35.2. The van der Waals surface area contributed by atoms with Gasteiger partial charge in [0.05, 0.1) is 0 Å². The standard InChI is InChI=1S/C11H23BSi/c1-9-7-8-12(3)11(10(9)2)13(4,5)6/h7-11H,1-6H3. The molecule has 74 valence electrons. The molecule has 0 spiro atoms. The summed E-state index contributed by atoms with van der Waals surface area (Å²) >= 11 is 0. The van der Waals surface area contributed by atoms with Crippen LogP contribution >= 0.6 is 0 Å². The van der Waals surface area contributed by atoms with E-state index in [1.165, 1.54) is 0 Å². The second-order valence-corrected chi connectivity index (χ2v) is 11.3. The van der Waals surface area contributed by atoms with Crippen LogP contribution in [0.25, 0.3) is 0 Å². The Bertz CT molecular complexity index is 205. The van der Waals surface area contributed by atoms with Crippen molar-refractivity contribution in [3.8, 4) is 0 Å². The topological polar surface area (TPSA) is 0 Å². The molecule has 0 radical (unpaired) electrons. The van der Waals surface area contributed by atoms with E-state index in [9.17, 15) is 0 Å². The zero-order chi connectivity index (χ0) is 10.2. The van der Waals surface area contributed by atoms with Crippen LogP contribution in [0.3, 0.4) is 0 Å². The lowest BCUT2D eigenvalue weighted by Gasteiger charge is -2.41. The molecule has 0 bridgehead atoms. The second kappa shape index (κ2) is 3.64. The van der Waals surface area contributed by atoms with E-state index in [-0.39, 0.29) is 0 Å². The summed E-state index contributed by atoms with van der Waals surface area (Å²) in [6.45, 7) is 15.5. The molecule has 1 aliphatic rings. The van der Waals surface area contributed by atoms with Crippen LogP contribution in [0.2, 0.25) is 31.9 Å². The van der Waals surface area contributed by atoms with Crippen molar-refractivity contribution in [3.05, 3.63) is 12.1 Å². The summed E-state index contributed by atoms with van der Waals surface area (Å²) in [6.07, 6.45) is 2.41. The molecular formula is C11H23BSi. The van der Waals surface area contributed by atoms with E-state index in [1.54, 1.807) is 0 Å². The highest BCUT2D eigenvalue weighted by Crippen LogP contribution is 2.40. The van der Waals surface area contributed by atoms with E-state index in [0.29, 0.717) is 0 Å². The quantitative estimate of drug-likeness (QED) is 0.558. The van der Waals surface area contributed by atoms with Crippen molar-refractivity contribution in [2.75, 3.05) is 0 Å². The minimum atomic E-state index is -0.976. The van der Waals surface area contributed by atoms with Crippen molar-refractivity contribution >= 4 is 14.8 Å². The van der Waals surface area contributed by atoms with Gasteiger partial charge in [-0.3, -0.25) is 0 Å². The van der Waals surface area contributed by atoms with Crippen LogP contribution < -0.4 is 0 Å². The maximum Gasteiger partial charge on any atom is 0.163 e.